The van der Waals surface area contributed by atoms with E-state index in [0.29, 0.717) is 6.17 Å². The topological polar surface area (TPSA) is 6.48 Å². The third-order valence-corrected chi connectivity index (χ3v) is 8.82. The molecule has 0 amide bonds. The van der Waals surface area contributed by atoms with Crippen molar-refractivity contribution >= 4 is 0 Å². The molecular weight excluding hydrogens is 460 g/mol. The Kier molecular flexibility index (Phi) is 26.0. The second-order valence-electron chi connectivity index (χ2n) is 12.5. The molecule has 1 aliphatic heterocycles. The summed E-state index contributed by atoms with van der Waals surface area (Å²) in [5.41, 5.74) is 0. The molecule has 1 heterocycles. The Labute approximate surface area is 241 Å². The molecule has 226 valence electrons. The van der Waals surface area contributed by atoms with Gasteiger partial charge >= 0.3 is 0 Å². The summed E-state index contributed by atoms with van der Waals surface area (Å²) < 4.78 is 0. The van der Waals surface area contributed by atoms with Crippen molar-refractivity contribution in [2.45, 2.75) is 207 Å². The van der Waals surface area contributed by atoms with Gasteiger partial charge in [-0.3, -0.25) is 0 Å². The lowest BCUT2D eigenvalue weighted by molar-refractivity contribution is 0.135. The van der Waals surface area contributed by atoms with Gasteiger partial charge in [0.15, 0.2) is 0 Å². The van der Waals surface area contributed by atoms with Crippen LogP contribution in [0.3, 0.4) is 0 Å². The molecule has 0 saturated heterocycles. The minimum absolute atomic E-state index is 0.642. The molecule has 0 spiro atoms. The average Bonchev–Trinajstić information content (AvgIpc) is 3.31. The second kappa shape index (κ2) is 27.9. The predicted octanol–water partition coefficient (Wildman–Crippen LogP) is 12.4. The Morgan fingerprint density at radius 1 is 0.342 bits per heavy atom. The first-order valence-electron chi connectivity index (χ1n) is 18.0. The summed E-state index contributed by atoms with van der Waals surface area (Å²) >= 11 is 0. The highest BCUT2D eigenvalue weighted by Gasteiger charge is 2.24. The fraction of sp³-hybridized carbons (Fsp3) is 0.944. The molecule has 38 heavy (non-hydrogen) atoms. The second-order valence-corrected chi connectivity index (χ2v) is 12.5. The Balaban J connectivity index is 2.08. The lowest BCUT2D eigenvalue weighted by Gasteiger charge is -2.33. The Morgan fingerprint density at radius 2 is 0.605 bits per heavy atom. The number of unbranched alkanes of at least 4 members (excludes halogenated alkanes) is 24. The first-order valence-corrected chi connectivity index (χ1v) is 18.0. The van der Waals surface area contributed by atoms with Crippen LogP contribution in [-0.2, 0) is 0 Å². The van der Waals surface area contributed by atoms with E-state index in [1.807, 2.05) is 0 Å². The molecule has 1 aliphatic rings. The number of rotatable bonds is 30. The fourth-order valence-corrected chi connectivity index (χ4v) is 6.19. The van der Waals surface area contributed by atoms with E-state index < -0.39 is 0 Å². The molecule has 0 N–H and O–H groups in total. The quantitative estimate of drug-likeness (QED) is 0.0848. The summed E-state index contributed by atoms with van der Waals surface area (Å²) in [4.78, 5) is 5.38. The highest BCUT2D eigenvalue weighted by molar-refractivity contribution is 4.97. The minimum Gasteiger partial charge on any atom is -0.356 e. The molecule has 2 heteroatoms. The van der Waals surface area contributed by atoms with E-state index in [-0.39, 0.29) is 0 Å². The SMILES string of the molecule is CCCCCCCCCCCCCCCCCCN1C=CN(CCCCCCCC)C1CCCCCCC. The number of nitrogens with zero attached hydrogens (tertiary/aromatic N) is 2. The third kappa shape index (κ3) is 20.3. The molecule has 1 unspecified atom stereocenters. The summed E-state index contributed by atoms with van der Waals surface area (Å²) in [7, 11) is 0. The van der Waals surface area contributed by atoms with Crippen LogP contribution in [-0.4, -0.2) is 29.1 Å². The molecule has 0 fully saturated rings. The Bertz CT molecular complexity index is 488. The van der Waals surface area contributed by atoms with E-state index in [2.05, 4.69) is 43.0 Å². The fourth-order valence-electron chi connectivity index (χ4n) is 6.19. The zero-order valence-electron chi connectivity index (χ0n) is 26.8. The molecule has 0 radical (unpaired) electrons. The summed E-state index contributed by atoms with van der Waals surface area (Å²) in [5, 5.41) is 0. The Hall–Kier alpha value is -0.660. The van der Waals surface area contributed by atoms with Crippen LogP contribution in [0.5, 0.6) is 0 Å². The van der Waals surface area contributed by atoms with E-state index in [0.717, 1.165) is 0 Å². The summed E-state index contributed by atoms with van der Waals surface area (Å²) in [5.74, 6) is 0. The molecule has 0 saturated carbocycles. The van der Waals surface area contributed by atoms with Crippen molar-refractivity contribution in [3.8, 4) is 0 Å². The monoisotopic (exact) mass is 533 g/mol. The van der Waals surface area contributed by atoms with Crippen LogP contribution in [0.1, 0.15) is 201 Å². The lowest BCUT2D eigenvalue weighted by atomic mass is 10.0. The normalized spacial score (nSPS) is 15.3. The summed E-state index contributed by atoms with van der Waals surface area (Å²) in [6.45, 7) is 9.47. The first-order chi connectivity index (χ1) is 18.8. The van der Waals surface area contributed by atoms with Crippen LogP contribution in [0.2, 0.25) is 0 Å². The van der Waals surface area contributed by atoms with E-state index in [9.17, 15) is 0 Å². The van der Waals surface area contributed by atoms with E-state index in [1.165, 1.54) is 193 Å². The molecule has 1 atom stereocenters. The van der Waals surface area contributed by atoms with Crippen LogP contribution in [0.25, 0.3) is 0 Å². The predicted molar refractivity (Wildman–Crippen MR) is 173 cm³/mol. The van der Waals surface area contributed by atoms with E-state index in [4.69, 9.17) is 0 Å². The van der Waals surface area contributed by atoms with E-state index >= 15 is 0 Å². The molecule has 0 aromatic heterocycles. The van der Waals surface area contributed by atoms with Crippen LogP contribution < -0.4 is 0 Å². The van der Waals surface area contributed by atoms with Gasteiger partial charge in [0, 0.05) is 25.5 Å². The van der Waals surface area contributed by atoms with Gasteiger partial charge in [0.1, 0.15) is 6.17 Å². The van der Waals surface area contributed by atoms with Gasteiger partial charge in [-0.25, -0.2) is 0 Å². The maximum Gasteiger partial charge on any atom is 0.101 e. The van der Waals surface area contributed by atoms with Crippen molar-refractivity contribution in [3.63, 3.8) is 0 Å². The maximum absolute atomic E-state index is 2.70. The summed E-state index contributed by atoms with van der Waals surface area (Å²) in [6.07, 6.45) is 45.5. The van der Waals surface area contributed by atoms with Gasteiger partial charge in [0.25, 0.3) is 0 Å². The van der Waals surface area contributed by atoms with Crippen molar-refractivity contribution in [2.24, 2.45) is 0 Å². The average molecular weight is 533 g/mol. The molecular formula is C36H72N2. The molecule has 2 nitrogen and oxygen atoms in total. The number of hydrogen-bond acceptors (Lipinski definition) is 2. The lowest BCUT2D eigenvalue weighted by Crippen LogP contribution is -2.39. The van der Waals surface area contributed by atoms with Gasteiger partial charge in [0.2, 0.25) is 0 Å². The minimum atomic E-state index is 0.642. The smallest absolute Gasteiger partial charge is 0.101 e. The van der Waals surface area contributed by atoms with Gasteiger partial charge in [-0.2, -0.15) is 0 Å². The van der Waals surface area contributed by atoms with Gasteiger partial charge in [-0.15, -0.1) is 0 Å². The van der Waals surface area contributed by atoms with Crippen LogP contribution >= 0.6 is 0 Å². The maximum atomic E-state index is 2.70. The highest BCUT2D eigenvalue weighted by Crippen LogP contribution is 2.24. The zero-order valence-corrected chi connectivity index (χ0v) is 26.8. The van der Waals surface area contributed by atoms with Crippen LogP contribution in [0.15, 0.2) is 12.4 Å². The first kappa shape index (κ1) is 35.4. The van der Waals surface area contributed by atoms with Crippen molar-refractivity contribution in [3.05, 3.63) is 12.4 Å². The van der Waals surface area contributed by atoms with Gasteiger partial charge in [-0.1, -0.05) is 175 Å². The standard InChI is InChI=1S/C36H72N2/c1-4-7-10-13-15-16-17-18-19-20-21-22-23-24-27-30-33-38-35-34-37(32-29-26-14-11-8-5-2)36(38)31-28-25-12-9-6-3/h34-36H,4-33H2,1-3H3. The van der Waals surface area contributed by atoms with Gasteiger partial charge < -0.3 is 9.80 Å². The third-order valence-electron chi connectivity index (χ3n) is 8.82. The molecule has 0 aromatic rings. The molecule has 0 aromatic carbocycles. The van der Waals surface area contributed by atoms with Gasteiger partial charge in [-0.05, 0) is 25.7 Å². The largest absolute Gasteiger partial charge is 0.356 e. The molecule has 0 bridgehead atoms. The molecule has 1 rings (SSSR count). The van der Waals surface area contributed by atoms with Crippen molar-refractivity contribution in [2.75, 3.05) is 13.1 Å². The van der Waals surface area contributed by atoms with Gasteiger partial charge in [0.05, 0.1) is 0 Å². The molecule has 0 aliphatic carbocycles. The van der Waals surface area contributed by atoms with Crippen molar-refractivity contribution in [1.82, 2.24) is 9.80 Å². The number of hydrogen-bond donors (Lipinski definition) is 0. The van der Waals surface area contributed by atoms with Crippen molar-refractivity contribution < 1.29 is 0 Å². The van der Waals surface area contributed by atoms with Crippen molar-refractivity contribution in [1.29, 1.82) is 0 Å². The van der Waals surface area contributed by atoms with Crippen LogP contribution in [0.4, 0.5) is 0 Å². The van der Waals surface area contributed by atoms with E-state index in [1.54, 1.807) is 0 Å². The zero-order chi connectivity index (χ0) is 27.4. The summed E-state index contributed by atoms with van der Waals surface area (Å²) in [6, 6.07) is 0. The Morgan fingerprint density at radius 3 is 0.921 bits per heavy atom. The highest BCUT2D eigenvalue weighted by atomic mass is 15.4. The van der Waals surface area contributed by atoms with Crippen LogP contribution in [0, 0.1) is 0 Å².